The van der Waals surface area contributed by atoms with Gasteiger partial charge >= 0.3 is 17.9 Å². The first-order valence-electron chi connectivity index (χ1n) is 26.9. The van der Waals surface area contributed by atoms with Crippen LogP contribution in [0.2, 0.25) is 20.1 Å². The lowest BCUT2D eigenvalue weighted by Crippen LogP contribution is -2.41. The number of nitrogens with one attached hydrogen (secondary N) is 4. The predicted octanol–water partition coefficient (Wildman–Crippen LogP) is 8.95. The van der Waals surface area contributed by atoms with Crippen molar-refractivity contribution in [1.29, 1.82) is 0 Å². The number of nitrogens with two attached hydrogens (primary N) is 1. The van der Waals surface area contributed by atoms with Crippen molar-refractivity contribution in [1.82, 2.24) is 31.2 Å². The van der Waals surface area contributed by atoms with Gasteiger partial charge in [0.05, 0.1) is 57.4 Å². The molecule has 2 unspecified atom stereocenters. The molecule has 3 amide bonds. The minimum absolute atomic E-state index is 0.0107. The number of carboxylic acids is 3. The summed E-state index contributed by atoms with van der Waals surface area (Å²) < 4.78 is 26.4. The summed E-state index contributed by atoms with van der Waals surface area (Å²) in [5, 5.41) is 37.9. The molecule has 4 heterocycles. The van der Waals surface area contributed by atoms with E-state index in [4.69, 9.17) is 62.4 Å². The van der Waals surface area contributed by atoms with Crippen LogP contribution in [0, 0.1) is 0 Å². The Kier molecular flexibility index (Phi) is 25.9. The Morgan fingerprint density at radius 2 is 1.10 bits per heavy atom. The maximum Gasteiger partial charge on any atom is 0.338 e. The number of aliphatic imine (C=N–C) groups is 2. The first kappa shape index (κ1) is 67.6. The third-order valence-electron chi connectivity index (χ3n) is 13.2. The Hall–Kier alpha value is -8.54. The molecule has 0 aliphatic carbocycles. The number of hydrogen-bond acceptors (Lipinski definition) is 14. The number of Topliss-reactive ketones (excluding diaryl/α,β-unsaturated/α-hetero) is 2. The van der Waals surface area contributed by atoms with Crippen LogP contribution in [0.4, 0.5) is 8.78 Å². The molecule has 26 heteroatoms. The van der Waals surface area contributed by atoms with Crippen LogP contribution in [0.3, 0.4) is 0 Å². The SMILES string of the molecule is N[C@@H](CCC(=O)CNC(=O)c1cccc(CC2=NCC(F)CC2)c1)C(=O)O.O=C(CC[C@H](NC(=O)c1c(Cl)cc(-c2cccnc2)cc1Cl)C(=O)O)CNC(=O)c1cccc(CC2=NCC(F)CN2)c1.O=C(O)c1c(Cl)cc(-c2cccnc2)cc1Cl. The standard InChI is InChI=1S/C30H28Cl2FN5O5.C19H24FN3O4.C12H7Cl2NO2/c31-23-11-20(19-5-2-8-34-13-19)12-24(32)27(23)29(41)38-25(30(42)43)7-6-22(39)16-37-28(40)18-4-1-3-17(9-18)10-26-35-14-21(33)15-36-26;20-14-4-5-15(22-10-14)9-12-2-1-3-13(8-12)18(25)23-11-16(24)6-7-17(21)19(26)27;13-9-4-8(7-2-1-3-15-6-7)5-10(14)11(9)12(16)17/h1-5,8-9,11-13,21,25H,6-7,10,14-16H2,(H,35,36)(H,37,40)(H,38,41)(H,42,43);1-3,8,14,17H,4-7,9-11,21H2,(H,23,25)(H,26,27);1-6H,(H,16,17)/t25-;14?,17-;/m00./s1. The van der Waals surface area contributed by atoms with E-state index in [-0.39, 0.29) is 101 Å². The number of aromatic nitrogens is 2. The molecule has 456 valence electrons. The Morgan fingerprint density at radius 1 is 0.598 bits per heavy atom. The number of amidine groups is 1. The lowest BCUT2D eigenvalue weighted by Gasteiger charge is -2.17. The van der Waals surface area contributed by atoms with Gasteiger partial charge < -0.3 is 42.3 Å². The second-order valence-corrected chi connectivity index (χ2v) is 21.4. The van der Waals surface area contributed by atoms with E-state index in [9.17, 15) is 52.2 Å². The molecular formula is C61H59Cl4F2N9O11. The number of carboxylic acid groups (broad SMARTS) is 3. The molecule has 0 bridgehead atoms. The van der Waals surface area contributed by atoms with E-state index in [1.54, 1.807) is 91.5 Å². The fraction of sp³-hybridized carbons (Fsp3) is 0.279. The molecule has 8 rings (SSSR count). The zero-order valence-corrected chi connectivity index (χ0v) is 49.3. The number of ketones is 2. The third kappa shape index (κ3) is 21.4. The molecule has 20 nitrogen and oxygen atoms in total. The van der Waals surface area contributed by atoms with Gasteiger partial charge in [0.25, 0.3) is 17.7 Å². The summed E-state index contributed by atoms with van der Waals surface area (Å²) in [5.41, 5.74) is 11.4. The summed E-state index contributed by atoms with van der Waals surface area (Å²) in [6, 6.07) is 24.6. The molecule has 2 aliphatic heterocycles. The van der Waals surface area contributed by atoms with Crippen molar-refractivity contribution in [3.05, 3.63) is 175 Å². The highest BCUT2D eigenvalue weighted by atomic mass is 35.5. The maximum absolute atomic E-state index is 13.3. The second-order valence-electron chi connectivity index (χ2n) is 19.8. The summed E-state index contributed by atoms with van der Waals surface area (Å²) in [5.74, 6) is -5.40. The minimum atomic E-state index is -1.40. The molecule has 0 saturated heterocycles. The van der Waals surface area contributed by atoms with Gasteiger partial charge in [-0.25, -0.2) is 18.4 Å². The average molecular weight is 1270 g/mol. The van der Waals surface area contributed by atoms with Crippen LogP contribution in [0.1, 0.15) is 91.1 Å². The van der Waals surface area contributed by atoms with Crippen LogP contribution in [0.5, 0.6) is 0 Å². The van der Waals surface area contributed by atoms with E-state index >= 15 is 0 Å². The van der Waals surface area contributed by atoms with Gasteiger partial charge in [-0.05, 0) is 109 Å². The highest BCUT2D eigenvalue weighted by Gasteiger charge is 2.26. The lowest BCUT2D eigenvalue weighted by atomic mass is 9.99. The van der Waals surface area contributed by atoms with Crippen molar-refractivity contribution in [2.45, 2.75) is 75.8 Å². The van der Waals surface area contributed by atoms with Crippen LogP contribution >= 0.6 is 46.4 Å². The Bertz CT molecular complexity index is 3500. The number of aliphatic carboxylic acids is 2. The summed E-state index contributed by atoms with van der Waals surface area (Å²) in [6.45, 7) is -0.0282. The molecule has 0 saturated carbocycles. The number of halogens is 6. The van der Waals surface area contributed by atoms with E-state index in [1.807, 2.05) is 18.2 Å². The number of amides is 3. The molecule has 87 heavy (non-hydrogen) atoms. The number of carbonyl (C=O) groups excluding carboxylic acids is 5. The van der Waals surface area contributed by atoms with Gasteiger partial charge in [-0.15, -0.1) is 0 Å². The summed E-state index contributed by atoms with van der Waals surface area (Å²) in [7, 11) is 0. The van der Waals surface area contributed by atoms with Gasteiger partial charge in [-0.1, -0.05) is 82.8 Å². The Morgan fingerprint density at radius 3 is 1.55 bits per heavy atom. The number of rotatable bonds is 23. The molecule has 4 atom stereocenters. The highest BCUT2D eigenvalue weighted by Crippen LogP contribution is 2.33. The third-order valence-corrected chi connectivity index (χ3v) is 14.4. The number of aromatic carboxylic acids is 1. The van der Waals surface area contributed by atoms with Gasteiger partial charge in [-0.2, -0.15) is 0 Å². The van der Waals surface area contributed by atoms with E-state index < -0.39 is 59.9 Å². The molecule has 4 aromatic carbocycles. The number of nitrogens with zero attached hydrogens (tertiary/aromatic N) is 4. The number of hydrogen-bond donors (Lipinski definition) is 8. The first-order valence-corrected chi connectivity index (χ1v) is 28.5. The summed E-state index contributed by atoms with van der Waals surface area (Å²) in [6.07, 6.45) is 6.28. The van der Waals surface area contributed by atoms with Crippen LogP contribution in [-0.4, -0.2) is 141 Å². The predicted molar refractivity (Wildman–Crippen MR) is 326 cm³/mol. The van der Waals surface area contributed by atoms with Gasteiger partial charge in [0.2, 0.25) is 0 Å². The number of benzene rings is 4. The van der Waals surface area contributed by atoms with Crippen LogP contribution in [-0.2, 0) is 32.0 Å². The van der Waals surface area contributed by atoms with Crippen molar-refractivity contribution in [3.8, 4) is 22.3 Å². The Balaban J connectivity index is 0.000000233. The highest BCUT2D eigenvalue weighted by molar-refractivity contribution is 6.40. The van der Waals surface area contributed by atoms with Crippen molar-refractivity contribution in [2.75, 3.05) is 32.7 Å². The zero-order valence-electron chi connectivity index (χ0n) is 46.3. The van der Waals surface area contributed by atoms with E-state index in [0.29, 0.717) is 48.2 Å². The molecule has 2 aromatic heterocycles. The number of pyridine rings is 2. The van der Waals surface area contributed by atoms with Crippen LogP contribution in [0.15, 0.2) is 132 Å². The molecule has 9 N–H and O–H groups in total. The molecule has 6 aromatic rings. The number of carbonyl (C=O) groups is 8. The van der Waals surface area contributed by atoms with Crippen molar-refractivity contribution >= 4 is 105 Å². The second kappa shape index (κ2) is 33.4. The molecule has 2 aliphatic rings. The summed E-state index contributed by atoms with van der Waals surface area (Å²) in [4.78, 5) is 112. The molecule has 0 fully saturated rings. The van der Waals surface area contributed by atoms with Crippen LogP contribution < -0.4 is 27.0 Å². The van der Waals surface area contributed by atoms with E-state index in [1.165, 1.54) is 12.1 Å². The summed E-state index contributed by atoms with van der Waals surface area (Å²) >= 11 is 24.4. The average Bonchev–Trinajstić information content (AvgIpc) is 3.13. The normalized spacial score (nSPS) is 14.9. The van der Waals surface area contributed by atoms with Gasteiger partial charge in [-0.3, -0.25) is 48.7 Å². The monoisotopic (exact) mass is 1270 g/mol. The number of alkyl halides is 2. The topological polar surface area (TPSA) is 322 Å². The molecule has 0 spiro atoms. The van der Waals surface area contributed by atoms with Gasteiger partial charge in [0, 0.05) is 85.0 Å². The quantitative estimate of drug-likeness (QED) is 0.0297. The zero-order chi connectivity index (χ0) is 63.2. The van der Waals surface area contributed by atoms with Crippen LogP contribution in [0.25, 0.3) is 22.3 Å². The fourth-order valence-corrected chi connectivity index (χ4v) is 9.86. The first-order chi connectivity index (χ1) is 41.5. The molecule has 0 radical (unpaired) electrons. The maximum atomic E-state index is 13.3. The Labute approximate surface area is 518 Å². The largest absolute Gasteiger partial charge is 0.480 e. The van der Waals surface area contributed by atoms with Gasteiger partial charge in [0.15, 0.2) is 11.6 Å². The van der Waals surface area contributed by atoms with Crippen molar-refractivity contribution < 1.29 is 62.5 Å². The minimum Gasteiger partial charge on any atom is -0.480 e. The van der Waals surface area contributed by atoms with E-state index in [2.05, 4.69) is 41.2 Å². The van der Waals surface area contributed by atoms with E-state index in [0.717, 1.165) is 33.5 Å². The van der Waals surface area contributed by atoms with Crippen molar-refractivity contribution in [2.24, 2.45) is 15.7 Å². The van der Waals surface area contributed by atoms with Gasteiger partial charge in [0.1, 0.15) is 30.3 Å². The smallest absolute Gasteiger partial charge is 0.338 e. The lowest BCUT2D eigenvalue weighted by molar-refractivity contribution is -0.140. The van der Waals surface area contributed by atoms with Crippen molar-refractivity contribution in [3.63, 3.8) is 0 Å². The molecular weight excluding hydrogens is 1210 g/mol. The fourth-order valence-electron chi connectivity index (χ4n) is 8.56.